The van der Waals surface area contributed by atoms with Crippen LogP contribution in [0.2, 0.25) is 0 Å². The highest BCUT2D eigenvalue weighted by molar-refractivity contribution is 5.77. The van der Waals surface area contributed by atoms with Gasteiger partial charge in [-0.15, -0.1) is 0 Å². The molecule has 5 heteroatoms. The predicted octanol–water partition coefficient (Wildman–Crippen LogP) is 2.41. The van der Waals surface area contributed by atoms with Crippen LogP contribution in [0.1, 0.15) is 11.1 Å². The molecular formula is C17H18F2N2O. The van der Waals surface area contributed by atoms with Crippen LogP contribution in [0, 0.1) is 11.6 Å². The van der Waals surface area contributed by atoms with E-state index in [1.54, 1.807) is 36.4 Å². The van der Waals surface area contributed by atoms with Gasteiger partial charge in [-0.1, -0.05) is 36.4 Å². The summed E-state index contributed by atoms with van der Waals surface area (Å²) in [4.78, 5) is 11.6. The maximum Gasteiger partial charge on any atom is 0.234 e. The maximum atomic E-state index is 13.4. The fraction of sp³-hybridized carbons (Fsp3) is 0.235. The van der Waals surface area contributed by atoms with Crippen molar-refractivity contribution < 1.29 is 13.6 Å². The van der Waals surface area contributed by atoms with Crippen LogP contribution in [0.3, 0.4) is 0 Å². The van der Waals surface area contributed by atoms with Gasteiger partial charge < -0.3 is 10.6 Å². The van der Waals surface area contributed by atoms with Crippen molar-refractivity contribution in [1.29, 1.82) is 0 Å². The van der Waals surface area contributed by atoms with E-state index < -0.39 is 0 Å². The molecule has 0 atom stereocenters. The van der Waals surface area contributed by atoms with Crippen molar-refractivity contribution in [1.82, 2.24) is 10.6 Å². The molecule has 22 heavy (non-hydrogen) atoms. The van der Waals surface area contributed by atoms with E-state index in [2.05, 4.69) is 10.6 Å². The van der Waals surface area contributed by atoms with E-state index in [0.29, 0.717) is 24.1 Å². The molecule has 0 radical (unpaired) electrons. The number of halogens is 2. The Kier molecular flexibility index (Phi) is 6.03. The molecule has 0 saturated heterocycles. The Bertz CT molecular complexity index is 632. The largest absolute Gasteiger partial charge is 0.351 e. The van der Waals surface area contributed by atoms with Gasteiger partial charge in [0.2, 0.25) is 5.91 Å². The first-order chi connectivity index (χ1) is 10.7. The topological polar surface area (TPSA) is 41.1 Å². The zero-order valence-electron chi connectivity index (χ0n) is 12.1. The molecule has 0 aliphatic carbocycles. The smallest absolute Gasteiger partial charge is 0.234 e. The molecule has 3 nitrogen and oxygen atoms in total. The molecule has 0 heterocycles. The molecule has 0 aliphatic heterocycles. The molecule has 0 unspecified atom stereocenters. The van der Waals surface area contributed by atoms with E-state index in [4.69, 9.17) is 0 Å². The van der Waals surface area contributed by atoms with Gasteiger partial charge in [-0.2, -0.15) is 0 Å². The summed E-state index contributed by atoms with van der Waals surface area (Å²) >= 11 is 0. The Labute approximate surface area is 128 Å². The second kappa shape index (κ2) is 8.24. The molecule has 2 rings (SSSR count). The van der Waals surface area contributed by atoms with Gasteiger partial charge in [-0.3, -0.25) is 4.79 Å². The van der Waals surface area contributed by atoms with Crippen LogP contribution in [0.25, 0.3) is 0 Å². The standard InChI is InChI=1S/C17H18F2N2O/c18-15-7-3-1-5-13(15)9-10-20-12-17(22)21-11-14-6-2-4-8-16(14)19/h1-8,20H,9-12H2,(H,21,22). The number of hydrogen-bond donors (Lipinski definition) is 2. The Morgan fingerprint density at radius 2 is 1.50 bits per heavy atom. The number of benzene rings is 2. The lowest BCUT2D eigenvalue weighted by Crippen LogP contribution is -2.34. The quantitative estimate of drug-likeness (QED) is 0.771. The number of carbonyl (C=O) groups excluding carboxylic acids is 1. The zero-order chi connectivity index (χ0) is 15.8. The van der Waals surface area contributed by atoms with Crippen LogP contribution >= 0.6 is 0 Å². The first-order valence-electron chi connectivity index (χ1n) is 7.11. The Morgan fingerprint density at radius 3 is 2.14 bits per heavy atom. The Hall–Kier alpha value is -2.27. The molecule has 1 amide bonds. The molecule has 0 aliphatic rings. The van der Waals surface area contributed by atoms with Crippen LogP contribution in [0.5, 0.6) is 0 Å². The van der Waals surface area contributed by atoms with E-state index in [1.807, 2.05) is 0 Å². The van der Waals surface area contributed by atoms with Crippen molar-refractivity contribution >= 4 is 5.91 Å². The monoisotopic (exact) mass is 304 g/mol. The summed E-state index contributed by atoms with van der Waals surface area (Å²) in [5.74, 6) is -0.805. The highest BCUT2D eigenvalue weighted by Crippen LogP contribution is 2.06. The summed E-state index contributed by atoms with van der Waals surface area (Å²) in [6.45, 7) is 0.761. The number of hydrogen-bond acceptors (Lipinski definition) is 2. The van der Waals surface area contributed by atoms with E-state index in [-0.39, 0.29) is 30.6 Å². The van der Waals surface area contributed by atoms with E-state index >= 15 is 0 Å². The van der Waals surface area contributed by atoms with Crippen molar-refractivity contribution in [3.05, 3.63) is 71.3 Å². The lowest BCUT2D eigenvalue weighted by atomic mass is 10.1. The van der Waals surface area contributed by atoms with Gasteiger partial charge in [-0.05, 0) is 30.7 Å². The zero-order valence-corrected chi connectivity index (χ0v) is 12.1. The van der Waals surface area contributed by atoms with Crippen molar-refractivity contribution in [2.75, 3.05) is 13.1 Å². The number of carbonyl (C=O) groups is 1. The Morgan fingerprint density at radius 1 is 0.909 bits per heavy atom. The van der Waals surface area contributed by atoms with Crippen LogP contribution in [-0.4, -0.2) is 19.0 Å². The van der Waals surface area contributed by atoms with Crippen molar-refractivity contribution in [2.45, 2.75) is 13.0 Å². The molecule has 2 N–H and O–H groups in total. The van der Waals surface area contributed by atoms with E-state index in [9.17, 15) is 13.6 Å². The van der Waals surface area contributed by atoms with Gasteiger partial charge in [0.25, 0.3) is 0 Å². The third kappa shape index (κ3) is 4.93. The first-order valence-corrected chi connectivity index (χ1v) is 7.11. The summed E-state index contributed by atoms with van der Waals surface area (Å²) in [7, 11) is 0. The molecule has 0 spiro atoms. The lowest BCUT2D eigenvalue weighted by molar-refractivity contribution is -0.120. The van der Waals surface area contributed by atoms with Crippen LogP contribution < -0.4 is 10.6 Å². The first kappa shape index (κ1) is 16.1. The van der Waals surface area contributed by atoms with Gasteiger partial charge in [0.15, 0.2) is 0 Å². The minimum atomic E-state index is -0.338. The maximum absolute atomic E-state index is 13.4. The third-order valence-corrected chi connectivity index (χ3v) is 3.25. The van der Waals surface area contributed by atoms with Crippen molar-refractivity contribution in [2.24, 2.45) is 0 Å². The molecule has 0 bridgehead atoms. The summed E-state index contributed by atoms with van der Waals surface area (Å²) in [6.07, 6.45) is 0.507. The van der Waals surface area contributed by atoms with Crippen molar-refractivity contribution in [3.63, 3.8) is 0 Å². The van der Waals surface area contributed by atoms with Crippen LogP contribution in [-0.2, 0) is 17.8 Å². The molecule has 2 aromatic carbocycles. The van der Waals surface area contributed by atoms with Crippen LogP contribution in [0.15, 0.2) is 48.5 Å². The fourth-order valence-corrected chi connectivity index (χ4v) is 2.02. The summed E-state index contributed by atoms with van der Waals surface area (Å²) in [6, 6.07) is 12.9. The fourth-order valence-electron chi connectivity index (χ4n) is 2.02. The SMILES string of the molecule is O=C(CNCCc1ccccc1F)NCc1ccccc1F. The summed E-state index contributed by atoms with van der Waals surface area (Å²) < 4.78 is 26.7. The number of nitrogens with one attached hydrogen (secondary N) is 2. The average Bonchev–Trinajstić information content (AvgIpc) is 2.52. The third-order valence-electron chi connectivity index (χ3n) is 3.25. The highest BCUT2D eigenvalue weighted by atomic mass is 19.1. The van der Waals surface area contributed by atoms with Gasteiger partial charge in [0, 0.05) is 12.1 Å². The van der Waals surface area contributed by atoms with E-state index in [1.165, 1.54) is 12.1 Å². The summed E-state index contributed by atoms with van der Waals surface area (Å²) in [5.41, 5.74) is 1.06. The predicted molar refractivity (Wildman–Crippen MR) is 81.2 cm³/mol. The van der Waals surface area contributed by atoms with Gasteiger partial charge in [0.05, 0.1) is 6.54 Å². The summed E-state index contributed by atoms with van der Waals surface area (Å²) in [5, 5.41) is 5.57. The van der Waals surface area contributed by atoms with Crippen LogP contribution in [0.4, 0.5) is 8.78 Å². The molecular weight excluding hydrogens is 286 g/mol. The molecule has 0 aromatic heterocycles. The molecule has 116 valence electrons. The van der Waals surface area contributed by atoms with Crippen molar-refractivity contribution in [3.8, 4) is 0 Å². The minimum absolute atomic E-state index is 0.114. The normalized spacial score (nSPS) is 10.5. The van der Waals surface area contributed by atoms with Gasteiger partial charge >= 0.3 is 0 Å². The van der Waals surface area contributed by atoms with E-state index in [0.717, 1.165) is 0 Å². The average molecular weight is 304 g/mol. The second-order valence-electron chi connectivity index (χ2n) is 4.89. The molecule has 2 aromatic rings. The number of rotatable bonds is 7. The Balaban J connectivity index is 1.66. The second-order valence-corrected chi connectivity index (χ2v) is 4.89. The molecule has 0 saturated carbocycles. The minimum Gasteiger partial charge on any atom is -0.351 e. The number of amides is 1. The van der Waals surface area contributed by atoms with Gasteiger partial charge in [-0.25, -0.2) is 8.78 Å². The van der Waals surface area contributed by atoms with Gasteiger partial charge in [0.1, 0.15) is 11.6 Å². The highest BCUT2D eigenvalue weighted by Gasteiger charge is 2.05. The lowest BCUT2D eigenvalue weighted by Gasteiger charge is -2.08. The molecule has 0 fully saturated rings.